The van der Waals surface area contributed by atoms with E-state index in [9.17, 15) is 22.4 Å². The summed E-state index contributed by atoms with van der Waals surface area (Å²) in [5, 5.41) is 2.39. The van der Waals surface area contributed by atoms with E-state index in [0.29, 0.717) is 22.8 Å². The van der Waals surface area contributed by atoms with Gasteiger partial charge in [-0.2, -0.15) is 4.31 Å². The summed E-state index contributed by atoms with van der Waals surface area (Å²) in [7, 11) is -3.93. The van der Waals surface area contributed by atoms with Gasteiger partial charge in [0, 0.05) is 23.7 Å². The fourth-order valence-corrected chi connectivity index (χ4v) is 7.92. The summed E-state index contributed by atoms with van der Waals surface area (Å²) in [6.07, 6.45) is 2.16. The molecule has 1 saturated heterocycles. The molecule has 8 nitrogen and oxygen atoms in total. The summed E-state index contributed by atoms with van der Waals surface area (Å²) in [6, 6.07) is 3.72. The molecule has 0 radical (unpaired) electrons. The molecule has 1 aliphatic rings. The lowest BCUT2D eigenvalue weighted by Crippen LogP contribution is -2.42. The third kappa shape index (κ3) is 4.74. The Balaban J connectivity index is 1.68. The van der Waals surface area contributed by atoms with Crippen molar-refractivity contribution in [3.05, 3.63) is 50.6 Å². The summed E-state index contributed by atoms with van der Waals surface area (Å²) in [5.74, 6) is -0.769. The number of carbonyl (C=O) groups excluding carboxylic acids is 1. The number of halogens is 2. The predicted octanol–water partition coefficient (Wildman–Crippen LogP) is 3.86. The van der Waals surface area contributed by atoms with Crippen molar-refractivity contribution in [1.29, 1.82) is 0 Å². The van der Waals surface area contributed by atoms with E-state index in [4.69, 9.17) is 11.6 Å². The molecule has 182 valence electrons. The summed E-state index contributed by atoms with van der Waals surface area (Å²) < 4.78 is 43.0. The SMILES string of the molecule is Cc1sc2ncn(CC(=O)Nc3ccc(F)c(Cl)c3)c(=O)c2c1S(=O)(=O)N1C[C@H](C)C[C@@H](C)C1. The minimum Gasteiger partial charge on any atom is -0.324 e. The number of hydrogen-bond donors (Lipinski definition) is 1. The van der Waals surface area contributed by atoms with Crippen LogP contribution >= 0.6 is 22.9 Å². The molecule has 4 rings (SSSR count). The fraction of sp³-hybridized carbons (Fsp3) is 0.409. The van der Waals surface area contributed by atoms with Crippen molar-refractivity contribution in [3.8, 4) is 0 Å². The third-order valence-electron chi connectivity index (χ3n) is 5.75. The van der Waals surface area contributed by atoms with E-state index in [0.717, 1.165) is 28.4 Å². The van der Waals surface area contributed by atoms with E-state index < -0.39 is 33.9 Å². The van der Waals surface area contributed by atoms with Crippen LogP contribution < -0.4 is 10.9 Å². The Morgan fingerprint density at radius 3 is 2.62 bits per heavy atom. The molecule has 1 aromatic carbocycles. The second kappa shape index (κ2) is 9.37. The van der Waals surface area contributed by atoms with E-state index in [1.807, 2.05) is 13.8 Å². The van der Waals surface area contributed by atoms with Crippen LogP contribution in [0.3, 0.4) is 0 Å². The molecule has 0 spiro atoms. The summed E-state index contributed by atoms with van der Waals surface area (Å²) in [5.41, 5.74) is -0.347. The number of thiophene rings is 1. The van der Waals surface area contributed by atoms with Gasteiger partial charge in [0.1, 0.15) is 22.1 Å². The van der Waals surface area contributed by atoms with Crippen LogP contribution in [0.1, 0.15) is 25.1 Å². The molecule has 3 heterocycles. The Morgan fingerprint density at radius 2 is 1.97 bits per heavy atom. The van der Waals surface area contributed by atoms with Gasteiger partial charge in [-0.25, -0.2) is 17.8 Å². The third-order valence-corrected chi connectivity index (χ3v) is 9.19. The number of nitrogens with zero attached hydrogens (tertiary/aromatic N) is 3. The van der Waals surface area contributed by atoms with Crippen molar-refractivity contribution in [2.24, 2.45) is 11.8 Å². The molecule has 1 N–H and O–H groups in total. The molecule has 1 aliphatic heterocycles. The highest BCUT2D eigenvalue weighted by molar-refractivity contribution is 7.89. The molecule has 34 heavy (non-hydrogen) atoms. The number of fused-ring (bicyclic) bond motifs is 1. The van der Waals surface area contributed by atoms with E-state index >= 15 is 0 Å². The number of rotatable bonds is 5. The van der Waals surface area contributed by atoms with Gasteiger partial charge < -0.3 is 5.32 Å². The number of sulfonamides is 1. The van der Waals surface area contributed by atoms with Crippen molar-refractivity contribution in [3.63, 3.8) is 0 Å². The zero-order chi connectivity index (χ0) is 24.8. The lowest BCUT2D eigenvalue weighted by atomic mass is 9.94. The highest BCUT2D eigenvalue weighted by Crippen LogP contribution is 2.35. The van der Waals surface area contributed by atoms with Gasteiger partial charge in [-0.3, -0.25) is 14.2 Å². The number of piperidine rings is 1. The normalized spacial score (nSPS) is 19.4. The standard InChI is InChI=1S/C22H24ClFN4O4S2/c1-12-6-13(2)9-28(8-12)34(31,32)20-14(3)33-21-19(20)22(30)27(11-25-21)10-18(29)26-15-4-5-17(24)16(23)7-15/h4-5,7,11-13H,6,8-10H2,1-3H3,(H,26,29)/t12-,13-/m1/s1. The zero-order valence-corrected chi connectivity index (χ0v) is 21.2. The highest BCUT2D eigenvalue weighted by atomic mass is 35.5. The van der Waals surface area contributed by atoms with Gasteiger partial charge in [0.25, 0.3) is 5.56 Å². The van der Waals surface area contributed by atoms with Crippen LogP contribution in [0, 0.1) is 24.6 Å². The van der Waals surface area contributed by atoms with Crippen LogP contribution in [0.15, 0.2) is 34.2 Å². The molecule has 0 saturated carbocycles. The lowest BCUT2D eigenvalue weighted by molar-refractivity contribution is -0.116. The number of carbonyl (C=O) groups is 1. The fourth-order valence-electron chi connectivity index (χ4n) is 4.40. The number of hydrogen-bond acceptors (Lipinski definition) is 6. The van der Waals surface area contributed by atoms with Crippen molar-refractivity contribution >= 4 is 54.8 Å². The van der Waals surface area contributed by atoms with Gasteiger partial charge in [0.2, 0.25) is 15.9 Å². The summed E-state index contributed by atoms with van der Waals surface area (Å²) in [6.45, 7) is 6.06. The molecule has 1 fully saturated rings. The van der Waals surface area contributed by atoms with Crippen molar-refractivity contribution in [1.82, 2.24) is 13.9 Å². The topological polar surface area (TPSA) is 101 Å². The predicted molar refractivity (Wildman–Crippen MR) is 130 cm³/mol. The van der Waals surface area contributed by atoms with Gasteiger partial charge in [-0.1, -0.05) is 25.4 Å². The average molecular weight is 527 g/mol. The van der Waals surface area contributed by atoms with Crippen LogP contribution in [0.2, 0.25) is 5.02 Å². The Bertz CT molecular complexity index is 1430. The van der Waals surface area contributed by atoms with Crippen LogP contribution in [0.4, 0.5) is 10.1 Å². The van der Waals surface area contributed by atoms with Crippen LogP contribution in [0.25, 0.3) is 10.2 Å². The van der Waals surface area contributed by atoms with Crippen molar-refractivity contribution in [2.45, 2.75) is 38.6 Å². The van der Waals surface area contributed by atoms with E-state index in [1.165, 1.54) is 22.8 Å². The number of amides is 1. The number of benzene rings is 1. The van der Waals surface area contributed by atoms with Crippen molar-refractivity contribution < 1.29 is 17.6 Å². The molecule has 2 atom stereocenters. The monoisotopic (exact) mass is 526 g/mol. The molecule has 0 aliphatic carbocycles. The van der Waals surface area contributed by atoms with Crippen LogP contribution in [-0.4, -0.2) is 41.3 Å². The van der Waals surface area contributed by atoms with Crippen molar-refractivity contribution in [2.75, 3.05) is 18.4 Å². The van der Waals surface area contributed by atoms with E-state index in [2.05, 4.69) is 10.3 Å². The van der Waals surface area contributed by atoms with Gasteiger partial charge in [0.05, 0.1) is 16.7 Å². The van der Waals surface area contributed by atoms with Gasteiger partial charge in [-0.15, -0.1) is 11.3 Å². The van der Waals surface area contributed by atoms with E-state index in [1.54, 1.807) is 6.92 Å². The van der Waals surface area contributed by atoms with Gasteiger partial charge in [0.15, 0.2) is 0 Å². The minimum absolute atomic E-state index is 0.00601. The molecule has 12 heteroatoms. The average Bonchev–Trinajstić information content (AvgIpc) is 3.09. The second-order valence-corrected chi connectivity index (χ2v) is 12.3. The zero-order valence-electron chi connectivity index (χ0n) is 18.8. The highest BCUT2D eigenvalue weighted by Gasteiger charge is 2.35. The smallest absolute Gasteiger partial charge is 0.263 e. The van der Waals surface area contributed by atoms with Gasteiger partial charge >= 0.3 is 0 Å². The molecular formula is C22H24ClFN4O4S2. The Kier molecular flexibility index (Phi) is 6.83. The molecule has 0 unspecified atom stereocenters. The number of aryl methyl sites for hydroxylation is 1. The van der Waals surface area contributed by atoms with Crippen LogP contribution in [0.5, 0.6) is 0 Å². The quantitative estimate of drug-likeness (QED) is 0.544. The lowest BCUT2D eigenvalue weighted by Gasteiger charge is -2.34. The maximum atomic E-state index is 13.6. The van der Waals surface area contributed by atoms with Crippen LogP contribution in [-0.2, 0) is 21.4 Å². The first kappa shape index (κ1) is 24.8. The van der Waals surface area contributed by atoms with E-state index in [-0.39, 0.29) is 32.8 Å². The summed E-state index contributed by atoms with van der Waals surface area (Å²) >= 11 is 6.88. The second-order valence-electron chi connectivity index (χ2n) is 8.79. The Labute approximate surface area is 205 Å². The Hall–Kier alpha value is -2.34. The first-order valence-corrected chi connectivity index (χ1v) is 13.3. The first-order chi connectivity index (χ1) is 16.0. The largest absolute Gasteiger partial charge is 0.324 e. The molecule has 3 aromatic rings. The van der Waals surface area contributed by atoms with Gasteiger partial charge in [-0.05, 0) is 43.4 Å². The molecular weight excluding hydrogens is 503 g/mol. The molecule has 2 aromatic heterocycles. The minimum atomic E-state index is -3.93. The molecule has 1 amide bonds. The maximum Gasteiger partial charge on any atom is 0.263 e. The number of anilines is 1. The maximum absolute atomic E-state index is 13.6. The first-order valence-electron chi connectivity index (χ1n) is 10.7. The number of aromatic nitrogens is 2. The Morgan fingerprint density at radius 1 is 1.29 bits per heavy atom. The molecule has 0 bridgehead atoms. The number of nitrogens with one attached hydrogen (secondary N) is 1. The summed E-state index contributed by atoms with van der Waals surface area (Å²) in [4.78, 5) is 30.8.